The summed E-state index contributed by atoms with van der Waals surface area (Å²) in [5.74, 6) is -3.01. The second kappa shape index (κ2) is 9.15. The van der Waals surface area contributed by atoms with Gasteiger partial charge in [-0.3, -0.25) is 0 Å². The molecule has 0 radical (unpaired) electrons. The topological polar surface area (TPSA) is 65.5 Å². The number of halogens is 5. The van der Waals surface area contributed by atoms with E-state index >= 15 is 0 Å². The van der Waals surface area contributed by atoms with Crippen molar-refractivity contribution in [1.29, 1.82) is 0 Å². The number of hydrogen-bond acceptors (Lipinski definition) is 6. The zero-order chi connectivity index (χ0) is 20.1. The van der Waals surface area contributed by atoms with Gasteiger partial charge in [-0.2, -0.15) is 24.9 Å². The third-order valence-electron chi connectivity index (χ3n) is 3.05. The molecule has 0 amide bonds. The van der Waals surface area contributed by atoms with Crippen LogP contribution in [0.15, 0.2) is 0 Å². The van der Waals surface area contributed by atoms with Gasteiger partial charge in [0.25, 0.3) is 6.43 Å². The lowest BCUT2D eigenvalue weighted by molar-refractivity contribution is -0.142. The van der Waals surface area contributed by atoms with Gasteiger partial charge in [-0.15, -0.1) is 0 Å². The number of pyridine rings is 1. The fraction of sp³-hybridized carbons (Fsp3) is 0.533. The van der Waals surface area contributed by atoms with Crippen LogP contribution in [-0.4, -0.2) is 36.4 Å². The molecular weight excluding hydrogens is 385 g/mol. The van der Waals surface area contributed by atoms with Gasteiger partial charge in [-0.1, -0.05) is 0 Å². The first kappa shape index (κ1) is 22.1. The Hall–Kier alpha value is -1.91. The van der Waals surface area contributed by atoms with Gasteiger partial charge in [0.1, 0.15) is 5.69 Å². The van der Waals surface area contributed by atoms with Crippen LogP contribution in [0.5, 0.6) is 0 Å². The van der Waals surface area contributed by atoms with Crippen LogP contribution in [0.25, 0.3) is 0 Å². The number of carbonyl (C=O) groups is 2. The number of hydrogen-bond donors (Lipinski definition) is 0. The Kier molecular flexibility index (Phi) is 7.79. The van der Waals surface area contributed by atoms with Gasteiger partial charge in [0.05, 0.1) is 24.3 Å². The van der Waals surface area contributed by atoms with E-state index in [-0.39, 0.29) is 19.0 Å². The molecule has 1 heterocycles. The van der Waals surface area contributed by atoms with Gasteiger partial charge in [-0.05, 0) is 25.7 Å². The fourth-order valence-corrected chi connectivity index (χ4v) is 2.74. The summed E-state index contributed by atoms with van der Waals surface area (Å²) >= 11 is 0.938. The van der Waals surface area contributed by atoms with Crippen LogP contribution in [0.1, 0.15) is 57.9 Å². The highest BCUT2D eigenvalue weighted by atomic mass is 32.2. The molecule has 0 saturated carbocycles. The summed E-state index contributed by atoms with van der Waals surface area (Å²) in [4.78, 5) is 27.1. The third-order valence-corrected chi connectivity index (χ3v) is 3.63. The highest BCUT2D eigenvalue weighted by Gasteiger charge is 2.43. The van der Waals surface area contributed by atoms with Crippen molar-refractivity contribution in [2.24, 2.45) is 0 Å². The maximum absolute atomic E-state index is 13.4. The molecule has 0 aliphatic heterocycles. The number of ether oxygens (including phenoxy) is 2. The number of aromatic nitrogens is 1. The number of thioether (sulfide) groups is 1. The van der Waals surface area contributed by atoms with E-state index in [1.807, 2.05) is 0 Å². The molecule has 0 atom stereocenters. The average Bonchev–Trinajstić information content (AvgIpc) is 2.53. The molecule has 0 spiro atoms. The van der Waals surface area contributed by atoms with Crippen LogP contribution in [0, 0.1) is 0 Å². The average molecular weight is 401 g/mol. The van der Waals surface area contributed by atoms with Gasteiger partial charge in [-0.25, -0.2) is 23.4 Å². The van der Waals surface area contributed by atoms with Gasteiger partial charge in [0.2, 0.25) is 0 Å². The minimum Gasteiger partial charge on any atom is -0.462 e. The zero-order valence-electron chi connectivity index (χ0n) is 14.1. The summed E-state index contributed by atoms with van der Waals surface area (Å²) in [6, 6.07) is 0. The Bertz CT molecular complexity index is 679. The van der Waals surface area contributed by atoms with Crippen LogP contribution in [0.3, 0.4) is 0 Å². The molecule has 0 aliphatic carbocycles. The standard InChI is InChI=1S/C15H16F5NO4S/c1-4-24-13(22)8-7(6-26-3)9(14(23)25-5-2)11(15(18,19)20)21-10(8)12(16)17/h12H,4-6H2,1-3H3. The van der Waals surface area contributed by atoms with Crippen molar-refractivity contribution in [1.82, 2.24) is 4.98 Å². The Labute approximate surface area is 150 Å². The molecule has 0 N–H and O–H groups in total. The number of esters is 2. The highest BCUT2D eigenvalue weighted by molar-refractivity contribution is 7.97. The molecule has 26 heavy (non-hydrogen) atoms. The van der Waals surface area contributed by atoms with E-state index in [1.54, 1.807) is 0 Å². The SMILES string of the molecule is CCOC(=O)c1c(C(F)F)nc(C(F)(F)F)c(C(=O)OCC)c1CSC. The van der Waals surface area contributed by atoms with E-state index in [9.17, 15) is 31.5 Å². The monoisotopic (exact) mass is 401 g/mol. The quantitative estimate of drug-likeness (QED) is 0.503. The lowest BCUT2D eigenvalue weighted by Crippen LogP contribution is -2.25. The van der Waals surface area contributed by atoms with Crippen molar-refractivity contribution in [2.45, 2.75) is 32.2 Å². The smallest absolute Gasteiger partial charge is 0.434 e. The minimum atomic E-state index is -5.20. The number of carbonyl (C=O) groups excluding carboxylic acids is 2. The second-order valence-corrected chi connectivity index (χ2v) is 5.61. The predicted octanol–water partition coefficient (Wildman–Crippen LogP) is 4.25. The molecule has 1 aromatic rings. The molecule has 1 rings (SSSR count). The fourth-order valence-electron chi connectivity index (χ4n) is 2.16. The van der Waals surface area contributed by atoms with Gasteiger partial charge >= 0.3 is 18.1 Å². The zero-order valence-corrected chi connectivity index (χ0v) is 14.9. The summed E-state index contributed by atoms with van der Waals surface area (Å²) in [7, 11) is 0. The molecule has 146 valence electrons. The van der Waals surface area contributed by atoms with Crippen molar-refractivity contribution in [2.75, 3.05) is 19.5 Å². The number of nitrogens with zero attached hydrogens (tertiary/aromatic N) is 1. The first-order valence-electron chi connectivity index (χ1n) is 7.35. The second-order valence-electron chi connectivity index (χ2n) is 4.75. The largest absolute Gasteiger partial charge is 0.462 e. The van der Waals surface area contributed by atoms with Crippen LogP contribution >= 0.6 is 11.8 Å². The van der Waals surface area contributed by atoms with Crippen molar-refractivity contribution in [3.8, 4) is 0 Å². The molecule has 0 saturated heterocycles. The van der Waals surface area contributed by atoms with Crippen molar-refractivity contribution in [3.05, 3.63) is 28.1 Å². The molecule has 0 bridgehead atoms. The lowest BCUT2D eigenvalue weighted by atomic mass is 9.98. The van der Waals surface area contributed by atoms with Crippen molar-refractivity contribution >= 4 is 23.7 Å². The van der Waals surface area contributed by atoms with E-state index in [0.717, 1.165) is 11.8 Å². The number of alkyl halides is 5. The van der Waals surface area contributed by atoms with E-state index in [0.29, 0.717) is 0 Å². The molecule has 0 fully saturated rings. The van der Waals surface area contributed by atoms with Crippen molar-refractivity contribution in [3.63, 3.8) is 0 Å². The Morgan fingerprint density at radius 3 is 1.96 bits per heavy atom. The van der Waals surface area contributed by atoms with Gasteiger partial charge < -0.3 is 9.47 Å². The van der Waals surface area contributed by atoms with Crippen LogP contribution in [0.4, 0.5) is 22.0 Å². The first-order valence-corrected chi connectivity index (χ1v) is 8.74. The van der Waals surface area contributed by atoms with E-state index in [4.69, 9.17) is 0 Å². The molecule has 11 heteroatoms. The maximum atomic E-state index is 13.4. The maximum Gasteiger partial charge on any atom is 0.434 e. The van der Waals surface area contributed by atoms with E-state index in [1.165, 1.54) is 20.1 Å². The minimum absolute atomic E-state index is 0.198. The summed E-state index contributed by atoms with van der Waals surface area (Å²) in [5.41, 5.74) is -5.63. The Morgan fingerprint density at radius 2 is 1.58 bits per heavy atom. The summed E-state index contributed by atoms with van der Waals surface area (Å²) in [5, 5.41) is 0. The molecule has 0 aliphatic rings. The molecule has 0 unspecified atom stereocenters. The van der Waals surface area contributed by atoms with Crippen LogP contribution in [-0.2, 0) is 21.4 Å². The van der Waals surface area contributed by atoms with Crippen LogP contribution in [0.2, 0.25) is 0 Å². The summed E-state index contributed by atoms with van der Waals surface area (Å²) in [6.07, 6.45) is -7.21. The van der Waals surface area contributed by atoms with Gasteiger partial charge in [0.15, 0.2) is 5.69 Å². The molecule has 1 aromatic heterocycles. The summed E-state index contributed by atoms with van der Waals surface area (Å²) < 4.78 is 76.0. The molecule has 0 aromatic carbocycles. The first-order chi connectivity index (χ1) is 12.1. The normalized spacial score (nSPS) is 11.6. The highest BCUT2D eigenvalue weighted by Crippen LogP contribution is 2.38. The van der Waals surface area contributed by atoms with Crippen molar-refractivity contribution < 1.29 is 41.0 Å². The summed E-state index contributed by atoms with van der Waals surface area (Å²) in [6.45, 7) is 2.32. The van der Waals surface area contributed by atoms with E-state index in [2.05, 4.69) is 14.5 Å². The molecular formula is C15H16F5NO4S. The molecule has 5 nitrogen and oxygen atoms in total. The van der Waals surface area contributed by atoms with Crippen LogP contribution < -0.4 is 0 Å². The number of rotatable bonds is 7. The van der Waals surface area contributed by atoms with Gasteiger partial charge in [0, 0.05) is 5.75 Å². The van der Waals surface area contributed by atoms with E-state index < -0.39 is 52.6 Å². The third kappa shape index (κ3) is 4.83. The Balaban J connectivity index is 3.96. The predicted molar refractivity (Wildman–Crippen MR) is 83.3 cm³/mol. The Morgan fingerprint density at radius 1 is 1.08 bits per heavy atom. The lowest BCUT2D eigenvalue weighted by Gasteiger charge is -2.20.